The Morgan fingerprint density at radius 1 is 0.864 bits per heavy atom. The fraction of sp³-hybridized carbons (Fsp3) is 0.778. The Bertz CT molecular complexity index is 318. The van der Waals surface area contributed by atoms with Crippen LogP contribution in [-0.4, -0.2) is 45.8 Å². The molecule has 0 rings (SSSR count). The van der Waals surface area contributed by atoms with E-state index in [0.717, 1.165) is 65.1 Å². The van der Waals surface area contributed by atoms with Crippen LogP contribution in [-0.2, 0) is 0 Å². The minimum atomic E-state index is 0.806. The van der Waals surface area contributed by atoms with Gasteiger partial charge in [-0.25, -0.2) is 0 Å². The first-order valence-electron chi connectivity index (χ1n) is 8.74. The van der Waals surface area contributed by atoms with E-state index in [0.29, 0.717) is 0 Å². The van der Waals surface area contributed by atoms with E-state index in [1.807, 2.05) is 0 Å². The fourth-order valence-electron chi connectivity index (χ4n) is 2.11. The molecule has 4 N–H and O–H groups in total. The first-order chi connectivity index (χ1) is 10.8. The topological polar surface area (TPSA) is 48.1 Å². The molecule has 0 saturated carbocycles. The van der Waals surface area contributed by atoms with Crippen molar-refractivity contribution in [1.29, 1.82) is 0 Å². The Hall–Kier alpha value is -1.02. The van der Waals surface area contributed by atoms with Gasteiger partial charge < -0.3 is 21.3 Å². The van der Waals surface area contributed by atoms with Gasteiger partial charge in [0.05, 0.1) is 0 Å². The van der Waals surface area contributed by atoms with Crippen LogP contribution < -0.4 is 21.3 Å². The Morgan fingerprint density at radius 3 is 1.91 bits per heavy atom. The van der Waals surface area contributed by atoms with Gasteiger partial charge in [0.25, 0.3) is 0 Å². The Labute approximate surface area is 137 Å². The number of hydrogen-bond donors (Lipinski definition) is 4. The van der Waals surface area contributed by atoms with Crippen LogP contribution in [0.5, 0.6) is 0 Å². The van der Waals surface area contributed by atoms with Crippen LogP contribution in [0.3, 0.4) is 0 Å². The van der Waals surface area contributed by atoms with E-state index >= 15 is 0 Å². The van der Waals surface area contributed by atoms with Crippen molar-refractivity contribution in [3.63, 3.8) is 0 Å². The van der Waals surface area contributed by atoms with E-state index < -0.39 is 0 Å². The maximum atomic E-state index is 5.19. The molecule has 0 atom stereocenters. The van der Waals surface area contributed by atoms with Gasteiger partial charge in [-0.1, -0.05) is 25.8 Å². The predicted molar refractivity (Wildman–Crippen MR) is 98.0 cm³/mol. The quantitative estimate of drug-likeness (QED) is 0.275. The van der Waals surface area contributed by atoms with Gasteiger partial charge in [-0.15, -0.1) is 12.3 Å². The van der Waals surface area contributed by atoms with Crippen molar-refractivity contribution in [3.8, 4) is 12.3 Å². The molecule has 0 fully saturated rings. The molecule has 0 aliphatic heterocycles. The second-order valence-corrected chi connectivity index (χ2v) is 5.49. The van der Waals surface area contributed by atoms with Gasteiger partial charge in [0.1, 0.15) is 0 Å². The molecule has 0 aromatic heterocycles. The largest absolute Gasteiger partial charge is 0.387 e. The summed E-state index contributed by atoms with van der Waals surface area (Å²) >= 11 is 0. The summed E-state index contributed by atoms with van der Waals surface area (Å²) in [4.78, 5) is 0. The van der Waals surface area contributed by atoms with E-state index in [-0.39, 0.29) is 0 Å². The van der Waals surface area contributed by atoms with Crippen molar-refractivity contribution in [2.45, 2.75) is 46.5 Å². The van der Waals surface area contributed by atoms with E-state index in [1.165, 1.54) is 17.7 Å². The second-order valence-electron chi connectivity index (χ2n) is 5.49. The SMILES string of the molecule is C#CCCNCCNCCNCCN/C(CCC)=C(\C)CC. The van der Waals surface area contributed by atoms with E-state index in [9.17, 15) is 0 Å². The molecule has 4 heteroatoms. The summed E-state index contributed by atoms with van der Waals surface area (Å²) in [6.07, 6.45) is 9.49. The molecule has 0 aromatic carbocycles. The molecule has 0 spiro atoms. The molecule has 0 saturated heterocycles. The molecule has 0 heterocycles. The van der Waals surface area contributed by atoms with Crippen LogP contribution >= 0.6 is 0 Å². The lowest BCUT2D eigenvalue weighted by Gasteiger charge is -2.14. The first kappa shape index (κ1) is 21.0. The summed E-state index contributed by atoms with van der Waals surface area (Å²) in [5.74, 6) is 2.62. The molecular weight excluding hydrogens is 272 g/mol. The highest BCUT2D eigenvalue weighted by Crippen LogP contribution is 2.10. The minimum absolute atomic E-state index is 0.806. The van der Waals surface area contributed by atoms with Gasteiger partial charge in [0.2, 0.25) is 0 Å². The normalized spacial score (nSPS) is 11.9. The average Bonchev–Trinajstić information content (AvgIpc) is 2.54. The minimum Gasteiger partial charge on any atom is -0.387 e. The second kappa shape index (κ2) is 16.4. The third-order valence-electron chi connectivity index (χ3n) is 3.59. The molecule has 0 aromatic rings. The average molecular weight is 309 g/mol. The van der Waals surface area contributed by atoms with Gasteiger partial charge >= 0.3 is 0 Å². The molecule has 0 bridgehead atoms. The Morgan fingerprint density at radius 2 is 1.41 bits per heavy atom. The zero-order chi connectivity index (χ0) is 16.5. The summed E-state index contributed by atoms with van der Waals surface area (Å²) in [5, 5.41) is 13.7. The van der Waals surface area contributed by atoms with Crippen molar-refractivity contribution in [2.75, 3.05) is 45.8 Å². The zero-order valence-electron chi connectivity index (χ0n) is 14.9. The lowest BCUT2D eigenvalue weighted by Crippen LogP contribution is -2.35. The van der Waals surface area contributed by atoms with Crippen molar-refractivity contribution in [2.24, 2.45) is 0 Å². The summed E-state index contributed by atoms with van der Waals surface area (Å²) in [5.41, 5.74) is 2.92. The lowest BCUT2D eigenvalue weighted by atomic mass is 10.1. The molecule has 0 unspecified atom stereocenters. The standard InChI is InChI=1S/C18H36N4/c1-5-8-10-19-11-12-20-13-14-21-15-16-22-18(9-6-2)17(4)7-3/h1,19-22H,6-16H2,2-4H3/b18-17+. The fourth-order valence-corrected chi connectivity index (χ4v) is 2.11. The number of terminal acetylenes is 1. The van der Waals surface area contributed by atoms with E-state index in [1.54, 1.807) is 0 Å². The summed E-state index contributed by atoms with van der Waals surface area (Å²) < 4.78 is 0. The number of hydrogen-bond acceptors (Lipinski definition) is 4. The maximum Gasteiger partial charge on any atom is 0.0269 e. The summed E-state index contributed by atoms with van der Waals surface area (Å²) in [6.45, 7) is 13.6. The van der Waals surface area contributed by atoms with Crippen molar-refractivity contribution in [3.05, 3.63) is 11.3 Å². The van der Waals surface area contributed by atoms with Crippen LogP contribution in [0, 0.1) is 12.3 Å². The highest BCUT2D eigenvalue weighted by molar-refractivity contribution is 5.09. The maximum absolute atomic E-state index is 5.19. The van der Waals surface area contributed by atoms with Crippen LogP contribution in [0.1, 0.15) is 46.5 Å². The molecule has 22 heavy (non-hydrogen) atoms. The molecular formula is C18H36N4. The predicted octanol–water partition coefficient (Wildman–Crippen LogP) is 1.85. The first-order valence-corrected chi connectivity index (χ1v) is 8.74. The highest BCUT2D eigenvalue weighted by Gasteiger charge is 1.99. The molecule has 4 nitrogen and oxygen atoms in total. The Kier molecular flexibility index (Phi) is 15.6. The Balaban J connectivity index is 3.41. The molecule has 128 valence electrons. The van der Waals surface area contributed by atoms with Crippen molar-refractivity contribution in [1.82, 2.24) is 21.3 Å². The molecule has 0 amide bonds. The van der Waals surface area contributed by atoms with Crippen LogP contribution in [0.4, 0.5) is 0 Å². The molecule has 0 radical (unpaired) electrons. The smallest absolute Gasteiger partial charge is 0.0269 e. The van der Waals surface area contributed by atoms with Gasteiger partial charge in [0.15, 0.2) is 0 Å². The third-order valence-corrected chi connectivity index (χ3v) is 3.59. The third kappa shape index (κ3) is 12.7. The highest BCUT2D eigenvalue weighted by atomic mass is 15.0. The summed E-state index contributed by atoms with van der Waals surface area (Å²) in [6, 6.07) is 0. The van der Waals surface area contributed by atoms with Crippen LogP contribution in [0.2, 0.25) is 0 Å². The number of allylic oxidation sites excluding steroid dienone is 2. The van der Waals surface area contributed by atoms with Crippen LogP contribution in [0.25, 0.3) is 0 Å². The molecule has 0 aliphatic rings. The number of rotatable bonds is 15. The lowest BCUT2D eigenvalue weighted by molar-refractivity contribution is 0.575. The summed E-state index contributed by atoms with van der Waals surface area (Å²) in [7, 11) is 0. The van der Waals surface area contributed by atoms with Crippen molar-refractivity contribution < 1.29 is 0 Å². The zero-order valence-corrected chi connectivity index (χ0v) is 14.9. The van der Waals surface area contributed by atoms with Gasteiger partial charge in [-0.05, 0) is 19.8 Å². The van der Waals surface area contributed by atoms with E-state index in [2.05, 4.69) is 48.0 Å². The number of nitrogens with one attached hydrogen (secondary N) is 4. The van der Waals surface area contributed by atoms with Crippen molar-refractivity contribution >= 4 is 0 Å². The van der Waals surface area contributed by atoms with E-state index in [4.69, 9.17) is 6.42 Å². The van der Waals surface area contributed by atoms with Gasteiger partial charge in [0, 0.05) is 57.9 Å². The molecule has 0 aliphatic carbocycles. The van der Waals surface area contributed by atoms with Gasteiger partial charge in [-0.3, -0.25) is 0 Å². The van der Waals surface area contributed by atoms with Gasteiger partial charge in [-0.2, -0.15) is 0 Å². The van der Waals surface area contributed by atoms with Crippen LogP contribution in [0.15, 0.2) is 11.3 Å². The monoisotopic (exact) mass is 308 g/mol.